The van der Waals surface area contributed by atoms with Crippen LogP contribution in [0.4, 0.5) is 5.82 Å². The average molecular weight is 546 g/mol. The lowest BCUT2D eigenvalue weighted by Crippen LogP contribution is -2.36. The average Bonchev–Trinajstić information content (AvgIpc) is 2.59. The number of rotatable bonds is 3. The fourth-order valence-electron chi connectivity index (χ4n) is 3.26. The first-order valence-electron chi connectivity index (χ1n) is 8.22. The minimum Gasteiger partial charge on any atom is -0.356 e. The van der Waals surface area contributed by atoms with Crippen LogP contribution in [0.3, 0.4) is 0 Å². The standard InChI is InChI=1S/C15H20Br3N3O2S/c16-11-13(24(22,23)21-9-5-2-6-10-21)12(17)15(19-14(11)18)20-7-3-1-4-8-20/h1-10H2. The van der Waals surface area contributed by atoms with E-state index >= 15 is 0 Å². The van der Waals surface area contributed by atoms with Crippen LogP contribution in [0.15, 0.2) is 18.4 Å². The van der Waals surface area contributed by atoms with Gasteiger partial charge in [-0.1, -0.05) is 6.42 Å². The van der Waals surface area contributed by atoms with E-state index in [1.165, 1.54) is 6.42 Å². The van der Waals surface area contributed by atoms with Gasteiger partial charge in [0.15, 0.2) is 0 Å². The zero-order chi connectivity index (χ0) is 17.3. The first-order chi connectivity index (χ1) is 11.4. The monoisotopic (exact) mass is 543 g/mol. The van der Waals surface area contributed by atoms with Crippen molar-refractivity contribution in [1.82, 2.24) is 9.29 Å². The fraction of sp³-hybridized carbons (Fsp3) is 0.667. The molecule has 2 fully saturated rings. The van der Waals surface area contributed by atoms with E-state index in [0.717, 1.165) is 45.2 Å². The van der Waals surface area contributed by atoms with Crippen LogP contribution in [0, 0.1) is 0 Å². The highest BCUT2D eigenvalue weighted by Gasteiger charge is 2.33. The maximum absolute atomic E-state index is 13.2. The molecule has 0 saturated carbocycles. The van der Waals surface area contributed by atoms with Gasteiger partial charge in [-0.3, -0.25) is 0 Å². The molecule has 1 aromatic heterocycles. The molecule has 0 atom stereocenters. The molecule has 134 valence electrons. The summed E-state index contributed by atoms with van der Waals surface area (Å²) in [5.74, 6) is 0.709. The first-order valence-corrected chi connectivity index (χ1v) is 12.0. The van der Waals surface area contributed by atoms with Gasteiger partial charge in [0.25, 0.3) is 0 Å². The molecule has 3 heterocycles. The van der Waals surface area contributed by atoms with Crippen molar-refractivity contribution in [2.24, 2.45) is 0 Å². The first kappa shape index (κ1) is 19.1. The topological polar surface area (TPSA) is 53.5 Å². The number of halogens is 3. The van der Waals surface area contributed by atoms with Crippen molar-refractivity contribution in [3.05, 3.63) is 13.5 Å². The van der Waals surface area contributed by atoms with Crippen LogP contribution in [0.2, 0.25) is 0 Å². The molecule has 2 aliphatic heterocycles. The van der Waals surface area contributed by atoms with E-state index in [9.17, 15) is 8.42 Å². The third kappa shape index (κ3) is 3.70. The molecule has 3 rings (SSSR count). The van der Waals surface area contributed by atoms with Gasteiger partial charge in [0, 0.05) is 26.2 Å². The Hall–Kier alpha value is 0.300. The Morgan fingerprint density at radius 1 is 0.792 bits per heavy atom. The van der Waals surface area contributed by atoms with E-state index in [2.05, 4.69) is 57.7 Å². The zero-order valence-corrected chi connectivity index (χ0v) is 18.8. The number of hydrogen-bond donors (Lipinski definition) is 0. The molecule has 0 radical (unpaired) electrons. The minimum atomic E-state index is -3.56. The second-order valence-corrected chi connectivity index (χ2v) is 10.4. The summed E-state index contributed by atoms with van der Waals surface area (Å²) in [5.41, 5.74) is 0. The number of pyridine rings is 1. The van der Waals surface area contributed by atoms with E-state index in [1.54, 1.807) is 4.31 Å². The van der Waals surface area contributed by atoms with Crippen LogP contribution in [-0.2, 0) is 10.0 Å². The third-order valence-electron chi connectivity index (χ3n) is 4.55. The highest BCUT2D eigenvalue weighted by molar-refractivity contribution is 9.13. The summed E-state index contributed by atoms with van der Waals surface area (Å²) in [4.78, 5) is 7.03. The van der Waals surface area contributed by atoms with Crippen molar-refractivity contribution in [3.63, 3.8) is 0 Å². The van der Waals surface area contributed by atoms with Gasteiger partial charge >= 0.3 is 0 Å². The van der Waals surface area contributed by atoms with Gasteiger partial charge in [-0.2, -0.15) is 4.31 Å². The van der Waals surface area contributed by atoms with Gasteiger partial charge in [-0.05, 0) is 79.9 Å². The van der Waals surface area contributed by atoms with E-state index in [-0.39, 0.29) is 4.90 Å². The molecule has 2 aliphatic rings. The van der Waals surface area contributed by atoms with E-state index in [0.29, 0.717) is 32.5 Å². The van der Waals surface area contributed by atoms with Crippen molar-refractivity contribution >= 4 is 63.6 Å². The Balaban J connectivity index is 2.07. The van der Waals surface area contributed by atoms with Crippen LogP contribution in [0.1, 0.15) is 38.5 Å². The molecule has 0 spiro atoms. The number of nitrogens with zero attached hydrogens (tertiary/aromatic N) is 3. The molecule has 0 aliphatic carbocycles. The van der Waals surface area contributed by atoms with Crippen LogP contribution in [0.25, 0.3) is 0 Å². The van der Waals surface area contributed by atoms with Gasteiger partial charge in [0.05, 0.1) is 8.95 Å². The maximum Gasteiger partial charge on any atom is 0.245 e. The van der Waals surface area contributed by atoms with E-state index in [4.69, 9.17) is 0 Å². The lowest BCUT2D eigenvalue weighted by molar-refractivity contribution is 0.346. The summed E-state index contributed by atoms with van der Waals surface area (Å²) < 4.78 is 29.6. The Kier molecular flexibility index (Phi) is 6.28. The highest BCUT2D eigenvalue weighted by atomic mass is 79.9. The molecule has 9 heteroatoms. The van der Waals surface area contributed by atoms with Gasteiger partial charge in [-0.25, -0.2) is 13.4 Å². The smallest absolute Gasteiger partial charge is 0.245 e. The van der Waals surface area contributed by atoms with Crippen molar-refractivity contribution in [3.8, 4) is 0 Å². The van der Waals surface area contributed by atoms with Crippen molar-refractivity contribution in [2.45, 2.75) is 43.4 Å². The second kappa shape index (κ2) is 7.90. The fourth-order valence-corrected chi connectivity index (χ4v) is 7.71. The summed E-state index contributed by atoms with van der Waals surface area (Å²) >= 11 is 10.4. The summed E-state index contributed by atoms with van der Waals surface area (Å²) in [6.45, 7) is 2.98. The van der Waals surface area contributed by atoms with E-state index in [1.807, 2.05) is 0 Å². The Morgan fingerprint density at radius 3 is 1.92 bits per heavy atom. The summed E-state index contributed by atoms with van der Waals surface area (Å²) in [7, 11) is -3.56. The molecule has 0 bridgehead atoms. The molecular formula is C15H20Br3N3O2S. The molecule has 0 N–H and O–H groups in total. The number of aromatic nitrogens is 1. The highest BCUT2D eigenvalue weighted by Crippen LogP contribution is 2.42. The molecular weight excluding hydrogens is 526 g/mol. The molecule has 2 saturated heterocycles. The second-order valence-electron chi connectivity index (χ2n) is 6.20. The molecule has 0 amide bonds. The predicted octanol–water partition coefficient (Wildman–Crippen LogP) is 4.53. The Bertz CT molecular complexity index is 715. The third-order valence-corrected chi connectivity index (χ3v) is 9.67. The Labute approximate surface area is 168 Å². The number of anilines is 1. The predicted molar refractivity (Wildman–Crippen MR) is 106 cm³/mol. The molecule has 0 aromatic carbocycles. The molecule has 0 unspecified atom stereocenters. The molecule has 24 heavy (non-hydrogen) atoms. The normalized spacial score (nSPS) is 20.4. The summed E-state index contributed by atoms with van der Waals surface area (Å²) in [6.07, 6.45) is 6.35. The maximum atomic E-state index is 13.2. The number of piperidine rings is 2. The van der Waals surface area contributed by atoms with Gasteiger partial charge in [0.2, 0.25) is 10.0 Å². The van der Waals surface area contributed by atoms with Crippen LogP contribution in [0.5, 0.6) is 0 Å². The molecule has 5 nitrogen and oxygen atoms in total. The number of hydrogen-bond acceptors (Lipinski definition) is 4. The van der Waals surface area contributed by atoms with E-state index < -0.39 is 10.0 Å². The van der Waals surface area contributed by atoms with Crippen molar-refractivity contribution in [2.75, 3.05) is 31.1 Å². The quantitative estimate of drug-likeness (QED) is 0.524. The van der Waals surface area contributed by atoms with Gasteiger partial charge in [0.1, 0.15) is 15.3 Å². The SMILES string of the molecule is O=S(=O)(c1c(Br)c(Br)nc(N2CCCCC2)c1Br)N1CCCCC1. The van der Waals surface area contributed by atoms with Crippen LogP contribution < -0.4 is 4.90 Å². The lowest BCUT2D eigenvalue weighted by Gasteiger charge is -2.31. The van der Waals surface area contributed by atoms with Crippen molar-refractivity contribution < 1.29 is 8.42 Å². The van der Waals surface area contributed by atoms with Crippen molar-refractivity contribution in [1.29, 1.82) is 0 Å². The molecule has 1 aromatic rings. The largest absolute Gasteiger partial charge is 0.356 e. The summed E-state index contributed by atoms with van der Waals surface area (Å²) in [5, 5.41) is 0. The van der Waals surface area contributed by atoms with Crippen LogP contribution >= 0.6 is 47.8 Å². The number of sulfonamides is 1. The minimum absolute atomic E-state index is 0.284. The van der Waals surface area contributed by atoms with Gasteiger partial charge < -0.3 is 4.90 Å². The van der Waals surface area contributed by atoms with Gasteiger partial charge in [-0.15, -0.1) is 0 Å². The zero-order valence-electron chi connectivity index (χ0n) is 13.3. The summed E-state index contributed by atoms with van der Waals surface area (Å²) in [6, 6.07) is 0. The Morgan fingerprint density at radius 2 is 1.33 bits per heavy atom. The van der Waals surface area contributed by atoms with Crippen LogP contribution in [-0.4, -0.2) is 43.9 Å². The lowest BCUT2D eigenvalue weighted by atomic mass is 10.1.